The first-order valence-corrected chi connectivity index (χ1v) is 31.9. The molecular weight excluding hydrogens is 997 g/mol. The summed E-state index contributed by atoms with van der Waals surface area (Å²) in [6.07, 6.45) is 102. The van der Waals surface area contributed by atoms with Crippen molar-refractivity contribution in [2.45, 2.75) is 245 Å². The van der Waals surface area contributed by atoms with Crippen LogP contribution in [0.5, 0.6) is 0 Å². The van der Waals surface area contributed by atoms with Crippen LogP contribution in [0.15, 0.2) is 194 Å². The van der Waals surface area contributed by atoms with E-state index < -0.39 is 12.1 Å². The van der Waals surface area contributed by atoms with Crippen LogP contribution in [0.1, 0.15) is 239 Å². The summed E-state index contributed by atoms with van der Waals surface area (Å²) < 4.78 is 16.8. The Bertz CT molecular complexity index is 1950. The van der Waals surface area contributed by atoms with Gasteiger partial charge in [0.2, 0.25) is 0 Å². The zero-order valence-corrected chi connectivity index (χ0v) is 51.5. The van der Waals surface area contributed by atoms with Crippen molar-refractivity contribution in [3.63, 3.8) is 0 Å². The third-order valence-electron chi connectivity index (χ3n) is 12.6. The Labute approximate surface area is 497 Å². The SMILES string of the molecule is CC/C=C\C/C=C\C/C=C\C/C=C\C/C=C\C/C=C\C/C=C\C/C=C\C/C=C\CCCC(=O)OCC(COC(=O)CCCCCCC/C=C\CCCCCCCC)OC(=O)CC/C=C\C/C=C\C/C=C\C/C=C\C/C=C\C/C=C\CC. The van der Waals surface area contributed by atoms with Gasteiger partial charge in [-0.05, 0) is 148 Å². The first-order chi connectivity index (χ1) is 40.0. The summed E-state index contributed by atoms with van der Waals surface area (Å²) in [5.41, 5.74) is 0. The Morgan fingerprint density at radius 3 is 0.864 bits per heavy atom. The molecule has 6 heteroatoms. The zero-order chi connectivity index (χ0) is 58.5. The van der Waals surface area contributed by atoms with E-state index in [1.807, 2.05) is 12.2 Å². The molecule has 0 aromatic rings. The normalized spacial score (nSPS) is 13.5. The van der Waals surface area contributed by atoms with Gasteiger partial charge in [0, 0.05) is 19.3 Å². The van der Waals surface area contributed by atoms with Gasteiger partial charge in [-0.1, -0.05) is 267 Å². The molecule has 1 atom stereocenters. The van der Waals surface area contributed by atoms with Crippen LogP contribution in [0.25, 0.3) is 0 Å². The van der Waals surface area contributed by atoms with Gasteiger partial charge in [0.15, 0.2) is 6.10 Å². The largest absolute Gasteiger partial charge is 0.462 e. The molecule has 0 spiro atoms. The van der Waals surface area contributed by atoms with E-state index in [0.29, 0.717) is 19.3 Å². The minimum atomic E-state index is -0.858. The summed E-state index contributed by atoms with van der Waals surface area (Å²) in [7, 11) is 0. The molecule has 0 fully saturated rings. The van der Waals surface area contributed by atoms with Gasteiger partial charge in [0.1, 0.15) is 13.2 Å². The van der Waals surface area contributed by atoms with Crippen molar-refractivity contribution in [2.24, 2.45) is 0 Å². The van der Waals surface area contributed by atoms with Gasteiger partial charge in [-0.3, -0.25) is 14.4 Å². The maximum Gasteiger partial charge on any atom is 0.306 e. The second-order valence-electron chi connectivity index (χ2n) is 20.2. The molecule has 0 amide bonds. The van der Waals surface area contributed by atoms with Crippen LogP contribution in [-0.2, 0) is 28.6 Å². The fourth-order valence-corrected chi connectivity index (χ4v) is 7.87. The highest BCUT2D eigenvalue weighted by Crippen LogP contribution is 2.12. The molecule has 0 aliphatic rings. The number of ether oxygens (including phenoxy) is 3. The summed E-state index contributed by atoms with van der Waals surface area (Å²) in [5.74, 6) is -1.11. The van der Waals surface area contributed by atoms with E-state index in [1.165, 1.54) is 51.4 Å². The number of esters is 3. The molecule has 0 aliphatic heterocycles. The topological polar surface area (TPSA) is 78.9 Å². The Balaban J connectivity index is 4.59. The molecule has 450 valence electrons. The van der Waals surface area contributed by atoms with E-state index in [9.17, 15) is 14.4 Å². The van der Waals surface area contributed by atoms with E-state index in [2.05, 4.69) is 203 Å². The van der Waals surface area contributed by atoms with E-state index in [0.717, 1.165) is 135 Å². The number of unbranched alkanes of at least 4 members (excludes halogenated alkanes) is 12. The Kier molecular flexibility index (Phi) is 62.0. The van der Waals surface area contributed by atoms with Crippen molar-refractivity contribution in [3.05, 3.63) is 194 Å². The molecule has 0 rings (SSSR count). The number of allylic oxidation sites excluding steroid dienone is 32. The van der Waals surface area contributed by atoms with Crippen LogP contribution >= 0.6 is 0 Å². The second-order valence-corrected chi connectivity index (χ2v) is 20.2. The number of hydrogen-bond donors (Lipinski definition) is 0. The number of carbonyl (C=O) groups is 3. The van der Waals surface area contributed by atoms with Crippen LogP contribution in [-0.4, -0.2) is 37.2 Å². The molecule has 0 bridgehead atoms. The lowest BCUT2D eigenvalue weighted by molar-refractivity contribution is -0.166. The summed E-state index contributed by atoms with van der Waals surface area (Å²) in [6.45, 7) is 6.27. The van der Waals surface area contributed by atoms with Crippen molar-refractivity contribution in [2.75, 3.05) is 13.2 Å². The minimum Gasteiger partial charge on any atom is -0.462 e. The third kappa shape index (κ3) is 64.9. The second kappa shape index (κ2) is 66.8. The van der Waals surface area contributed by atoms with Crippen molar-refractivity contribution in [1.82, 2.24) is 0 Å². The van der Waals surface area contributed by atoms with Crippen LogP contribution in [0.3, 0.4) is 0 Å². The van der Waals surface area contributed by atoms with Gasteiger partial charge in [-0.2, -0.15) is 0 Å². The van der Waals surface area contributed by atoms with Crippen molar-refractivity contribution < 1.29 is 28.6 Å². The highest BCUT2D eigenvalue weighted by Gasteiger charge is 2.19. The lowest BCUT2D eigenvalue weighted by Crippen LogP contribution is -2.30. The van der Waals surface area contributed by atoms with Gasteiger partial charge in [-0.15, -0.1) is 0 Å². The average Bonchev–Trinajstić information content (AvgIpc) is 3.47. The molecule has 0 heterocycles. The lowest BCUT2D eigenvalue weighted by Gasteiger charge is -2.18. The van der Waals surface area contributed by atoms with Crippen molar-refractivity contribution in [1.29, 1.82) is 0 Å². The summed E-state index contributed by atoms with van der Waals surface area (Å²) in [5, 5.41) is 0. The predicted octanol–water partition coefficient (Wildman–Crippen LogP) is 22.2. The lowest BCUT2D eigenvalue weighted by atomic mass is 10.1. The van der Waals surface area contributed by atoms with Gasteiger partial charge < -0.3 is 14.2 Å². The zero-order valence-electron chi connectivity index (χ0n) is 51.5. The molecule has 0 saturated heterocycles. The predicted molar refractivity (Wildman–Crippen MR) is 352 cm³/mol. The molecular formula is C75H114O6. The molecule has 0 N–H and O–H groups in total. The average molecular weight is 1110 g/mol. The van der Waals surface area contributed by atoms with E-state index in [4.69, 9.17) is 14.2 Å². The fourth-order valence-electron chi connectivity index (χ4n) is 7.87. The molecule has 1 unspecified atom stereocenters. The Morgan fingerprint density at radius 2 is 0.519 bits per heavy atom. The number of hydrogen-bond acceptors (Lipinski definition) is 6. The van der Waals surface area contributed by atoms with Gasteiger partial charge >= 0.3 is 17.9 Å². The molecule has 6 nitrogen and oxygen atoms in total. The maximum atomic E-state index is 12.9. The molecule has 0 aromatic carbocycles. The van der Waals surface area contributed by atoms with Crippen LogP contribution in [0, 0.1) is 0 Å². The highest BCUT2D eigenvalue weighted by molar-refractivity contribution is 5.71. The molecule has 0 saturated carbocycles. The van der Waals surface area contributed by atoms with Crippen molar-refractivity contribution >= 4 is 17.9 Å². The Morgan fingerprint density at radius 1 is 0.259 bits per heavy atom. The maximum absolute atomic E-state index is 12.9. The number of carbonyl (C=O) groups excluding carboxylic acids is 3. The molecule has 81 heavy (non-hydrogen) atoms. The summed E-state index contributed by atoms with van der Waals surface area (Å²) in [4.78, 5) is 38.3. The first-order valence-electron chi connectivity index (χ1n) is 31.9. The van der Waals surface area contributed by atoms with Crippen LogP contribution in [0.4, 0.5) is 0 Å². The van der Waals surface area contributed by atoms with Crippen LogP contribution < -0.4 is 0 Å². The van der Waals surface area contributed by atoms with Gasteiger partial charge in [0.25, 0.3) is 0 Å². The monoisotopic (exact) mass is 1110 g/mol. The Hall–Kier alpha value is -5.75. The molecule has 0 radical (unpaired) electrons. The fraction of sp³-hybridized carbons (Fsp3) is 0.533. The van der Waals surface area contributed by atoms with Gasteiger partial charge in [0.05, 0.1) is 0 Å². The standard InChI is InChI=1S/C75H114O6/c1-4-7-10-13-16-19-22-25-28-30-32-33-34-35-36-37-38-39-40-41-43-44-47-50-53-56-59-62-65-68-74(77)80-71-72(70-79-73(76)67-64-61-58-55-52-49-46-27-24-21-18-15-12-9-6-3)81-75(78)69-66-63-60-57-54-51-48-45-42-31-29-26-23-20-17-14-11-8-5-2/h7-8,10-11,16-17,19-20,25-29,32-33,35-36,38-39,41-43,45-47,50-51,54,56,59-60,63,72H,4-6,9,12-15,18,21-24,30-31,34,37,40,44,48-49,52-53,55,57-58,61-62,64-71H2,1-3H3/b10-7-,11-8-,19-16-,20-17-,28-25-,29-26-,33-32-,36-35-,39-38-,43-41-,45-42-,46-27-,50-47-,54-51-,59-56-,63-60-. The quantitative estimate of drug-likeness (QED) is 0.0261. The first kappa shape index (κ1) is 75.2. The third-order valence-corrected chi connectivity index (χ3v) is 12.6. The van der Waals surface area contributed by atoms with E-state index in [-0.39, 0.29) is 38.0 Å². The minimum absolute atomic E-state index is 0.141. The summed E-state index contributed by atoms with van der Waals surface area (Å²) in [6, 6.07) is 0. The highest BCUT2D eigenvalue weighted by atomic mass is 16.6. The molecule has 0 aromatic heterocycles. The van der Waals surface area contributed by atoms with Crippen molar-refractivity contribution in [3.8, 4) is 0 Å². The van der Waals surface area contributed by atoms with E-state index >= 15 is 0 Å². The molecule has 0 aliphatic carbocycles. The van der Waals surface area contributed by atoms with E-state index in [1.54, 1.807) is 0 Å². The van der Waals surface area contributed by atoms with Crippen LogP contribution in [0.2, 0.25) is 0 Å². The smallest absolute Gasteiger partial charge is 0.306 e. The summed E-state index contributed by atoms with van der Waals surface area (Å²) >= 11 is 0. The van der Waals surface area contributed by atoms with Gasteiger partial charge in [-0.25, -0.2) is 0 Å². The number of rotatable bonds is 55.